The van der Waals surface area contributed by atoms with Crippen LogP contribution in [0.4, 0.5) is 5.69 Å². The summed E-state index contributed by atoms with van der Waals surface area (Å²) < 4.78 is 5.68. The average molecular weight is 312 g/mol. The molecular weight excluding hydrogens is 292 g/mol. The predicted molar refractivity (Wildman–Crippen MR) is 89.1 cm³/mol. The van der Waals surface area contributed by atoms with Crippen molar-refractivity contribution in [3.63, 3.8) is 0 Å². The van der Waals surface area contributed by atoms with Crippen LogP contribution in [0.3, 0.4) is 0 Å². The molecule has 0 heterocycles. The minimum absolute atomic E-state index is 0.0288. The molecule has 0 radical (unpaired) electrons. The summed E-state index contributed by atoms with van der Waals surface area (Å²) in [4.78, 5) is 22.8. The zero-order valence-electron chi connectivity index (χ0n) is 13.0. The van der Waals surface area contributed by atoms with Crippen LogP contribution in [-0.2, 0) is 16.2 Å². The van der Waals surface area contributed by atoms with Gasteiger partial charge in [-0.2, -0.15) is 0 Å². The smallest absolute Gasteiger partial charge is 0.243 e. The van der Waals surface area contributed by atoms with Gasteiger partial charge < -0.3 is 15.4 Å². The van der Waals surface area contributed by atoms with E-state index >= 15 is 0 Å². The molecule has 0 aromatic heterocycles. The first kappa shape index (κ1) is 16.5. The highest BCUT2D eigenvalue weighted by atomic mass is 16.5. The number of benzene rings is 2. The van der Waals surface area contributed by atoms with Crippen LogP contribution in [0.25, 0.3) is 0 Å². The van der Waals surface area contributed by atoms with E-state index in [2.05, 4.69) is 10.6 Å². The summed E-state index contributed by atoms with van der Waals surface area (Å²) in [5, 5.41) is 5.24. The number of hydrogen-bond donors (Lipinski definition) is 2. The van der Waals surface area contributed by atoms with Crippen LogP contribution in [0.5, 0.6) is 5.75 Å². The molecule has 0 unspecified atom stereocenters. The van der Waals surface area contributed by atoms with Gasteiger partial charge in [-0.1, -0.05) is 37.3 Å². The van der Waals surface area contributed by atoms with E-state index in [4.69, 9.17) is 4.74 Å². The van der Waals surface area contributed by atoms with Crippen molar-refractivity contribution in [2.75, 3.05) is 11.9 Å². The van der Waals surface area contributed by atoms with Gasteiger partial charge in [-0.15, -0.1) is 0 Å². The Morgan fingerprint density at radius 3 is 2.30 bits per heavy atom. The largest absolute Gasteiger partial charge is 0.489 e. The van der Waals surface area contributed by atoms with Crippen molar-refractivity contribution in [1.82, 2.24) is 5.32 Å². The normalized spacial score (nSPS) is 9.96. The van der Waals surface area contributed by atoms with E-state index in [1.54, 1.807) is 31.2 Å². The molecule has 0 aliphatic heterocycles. The lowest BCUT2D eigenvalue weighted by atomic mass is 10.2. The van der Waals surface area contributed by atoms with Crippen LogP contribution in [0, 0.1) is 0 Å². The molecule has 2 rings (SSSR count). The second-order valence-electron chi connectivity index (χ2n) is 4.98. The van der Waals surface area contributed by atoms with Crippen LogP contribution in [-0.4, -0.2) is 18.4 Å². The van der Waals surface area contributed by atoms with Gasteiger partial charge in [0.15, 0.2) is 0 Å². The van der Waals surface area contributed by atoms with Gasteiger partial charge in [-0.25, -0.2) is 0 Å². The predicted octanol–water partition coefficient (Wildman–Crippen LogP) is 2.73. The summed E-state index contributed by atoms with van der Waals surface area (Å²) >= 11 is 0. The van der Waals surface area contributed by atoms with Crippen molar-refractivity contribution < 1.29 is 14.3 Å². The summed E-state index contributed by atoms with van der Waals surface area (Å²) in [6.45, 7) is 2.20. The average Bonchev–Trinajstić information content (AvgIpc) is 2.60. The van der Waals surface area contributed by atoms with Gasteiger partial charge in [-0.05, 0) is 29.8 Å². The third kappa shape index (κ3) is 5.82. The highest BCUT2D eigenvalue weighted by Crippen LogP contribution is 2.17. The van der Waals surface area contributed by atoms with Crippen LogP contribution in [0.2, 0.25) is 0 Å². The maximum Gasteiger partial charge on any atom is 0.243 e. The molecule has 2 N–H and O–H groups in total. The molecule has 23 heavy (non-hydrogen) atoms. The summed E-state index contributed by atoms with van der Waals surface area (Å²) in [5.41, 5.74) is 1.75. The third-order valence-corrected chi connectivity index (χ3v) is 3.15. The van der Waals surface area contributed by atoms with Crippen LogP contribution < -0.4 is 15.4 Å². The second kappa shape index (κ2) is 8.58. The molecule has 2 amide bonds. The molecule has 0 atom stereocenters. The van der Waals surface area contributed by atoms with Crippen molar-refractivity contribution in [3.05, 3.63) is 60.2 Å². The summed E-state index contributed by atoms with van der Waals surface area (Å²) in [5.74, 6) is 0.320. The molecule has 0 saturated heterocycles. The molecule has 2 aromatic rings. The fourth-order valence-corrected chi connectivity index (χ4v) is 1.88. The van der Waals surface area contributed by atoms with Crippen molar-refractivity contribution in [1.29, 1.82) is 0 Å². The van der Waals surface area contributed by atoms with Crippen molar-refractivity contribution in [3.8, 4) is 5.75 Å². The SMILES string of the molecule is CCC(=O)NCC(=O)Nc1ccc(OCc2ccccc2)cc1. The first-order chi connectivity index (χ1) is 11.2. The molecule has 2 aromatic carbocycles. The van der Waals surface area contributed by atoms with Gasteiger partial charge in [0.05, 0.1) is 6.54 Å². The number of nitrogens with one attached hydrogen (secondary N) is 2. The first-order valence-corrected chi connectivity index (χ1v) is 7.50. The molecule has 5 nitrogen and oxygen atoms in total. The standard InChI is InChI=1S/C18H20N2O3/c1-2-17(21)19-12-18(22)20-15-8-10-16(11-9-15)23-13-14-6-4-3-5-7-14/h3-11H,2,12-13H2,1H3,(H,19,21)(H,20,22). The van der Waals surface area contributed by atoms with E-state index in [-0.39, 0.29) is 18.4 Å². The fraction of sp³-hybridized carbons (Fsp3) is 0.222. The summed E-state index contributed by atoms with van der Waals surface area (Å²) in [6.07, 6.45) is 0.362. The fourth-order valence-electron chi connectivity index (χ4n) is 1.88. The number of ether oxygens (including phenoxy) is 1. The number of rotatable bonds is 7. The van der Waals surface area contributed by atoms with Crippen molar-refractivity contribution in [2.24, 2.45) is 0 Å². The first-order valence-electron chi connectivity index (χ1n) is 7.50. The van der Waals surface area contributed by atoms with E-state index in [1.807, 2.05) is 30.3 Å². The number of hydrogen-bond acceptors (Lipinski definition) is 3. The zero-order chi connectivity index (χ0) is 16.5. The Labute approximate surface area is 135 Å². The molecule has 5 heteroatoms. The Morgan fingerprint density at radius 1 is 0.957 bits per heavy atom. The lowest BCUT2D eigenvalue weighted by Gasteiger charge is -2.09. The van der Waals surface area contributed by atoms with Gasteiger partial charge in [0.25, 0.3) is 0 Å². The van der Waals surface area contributed by atoms with Crippen molar-refractivity contribution >= 4 is 17.5 Å². The molecule has 0 aliphatic rings. The Hall–Kier alpha value is -2.82. The lowest BCUT2D eigenvalue weighted by molar-refractivity contribution is -0.123. The number of carbonyl (C=O) groups is 2. The van der Waals surface area contributed by atoms with E-state index in [1.165, 1.54) is 0 Å². The van der Waals surface area contributed by atoms with Crippen LogP contribution in [0.15, 0.2) is 54.6 Å². The Morgan fingerprint density at radius 2 is 1.65 bits per heavy atom. The van der Waals surface area contributed by atoms with Gasteiger partial charge in [0, 0.05) is 12.1 Å². The lowest BCUT2D eigenvalue weighted by Crippen LogP contribution is -2.32. The highest BCUT2D eigenvalue weighted by molar-refractivity contribution is 5.94. The summed E-state index contributed by atoms with van der Waals surface area (Å²) in [7, 11) is 0. The van der Waals surface area contributed by atoms with Crippen LogP contribution in [0.1, 0.15) is 18.9 Å². The van der Waals surface area contributed by atoms with Crippen molar-refractivity contribution in [2.45, 2.75) is 20.0 Å². The second-order valence-corrected chi connectivity index (χ2v) is 4.98. The Bertz CT molecular complexity index is 639. The third-order valence-electron chi connectivity index (χ3n) is 3.15. The Balaban J connectivity index is 1.80. The minimum atomic E-state index is -0.259. The quantitative estimate of drug-likeness (QED) is 0.826. The summed E-state index contributed by atoms with van der Waals surface area (Å²) in [6, 6.07) is 17.0. The minimum Gasteiger partial charge on any atom is -0.489 e. The molecule has 0 saturated carbocycles. The van der Waals surface area contributed by atoms with Gasteiger partial charge in [-0.3, -0.25) is 9.59 Å². The van der Waals surface area contributed by atoms with E-state index < -0.39 is 0 Å². The van der Waals surface area contributed by atoms with Crippen LogP contribution >= 0.6 is 0 Å². The molecule has 0 fully saturated rings. The monoisotopic (exact) mass is 312 g/mol. The van der Waals surface area contributed by atoms with E-state index in [0.29, 0.717) is 18.7 Å². The van der Waals surface area contributed by atoms with Gasteiger partial charge >= 0.3 is 0 Å². The number of anilines is 1. The highest BCUT2D eigenvalue weighted by Gasteiger charge is 2.04. The molecule has 0 aliphatic carbocycles. The molecule has 0 bridgehead atoms. The number of amides is 2. The zero-order valence-corrected chi connectivity index (χ0v) is 13.0. The Kier molecular flexibility index (Phi) is 6.17. The maximum absolute atomic E-state index is 11.7. The molecule has 120 valence electrons. The van der Waals surface area contributed by atoms with Gasteiger partial charge in [0.2, 0.25) is 11.8 Å². The van der Waals surface area contributed by atoms with Gasteiger partial charge in [0.1, 0.15) is 12.4 Å². The van der Waals surface area contributed by atoms with E-state index in [0.717, 1.165) is 11.3 Å². The molecular formula is C18H20N2O3. The van der Waals surface area contributed by atoms with E-state index in [9.17, 15) is 9.59 Å². The topological polar surface area (TPSA) is 67.4 Å². The number of carbonyl (C=O) groups excluding carboxylic acids is 2. The molecule has 0 spiro atoms. The maximum atomic E-state index is 11.7.